The smallest absolute Gasteiger partial charge is 0.351 e. The highest BCUT2D eigenvalue weighted by atomic mass is 35.5. The predicted molar refractivity (Wildman–Crippen MR) is 83.1 cm³/mol. The second kappa shape index (κ2) is 7.22. The second-order valence-electron chi connectivity index (χ2n) is 5.89. The third-order valence-electron chi connectivity index (χ3n) is 4.16. The Morgan fingerprint density at radius 2 is 2.32 bits per heavy atom. The van der Waals surface area contributed by atoms with Crippen LogP contribution in [0.25, 0.3) is 0 Å². The van der Waals surface area contributed by atoms with E-state index in [1.165, 1.54) is 14.0 Å². The Bertz CT molecular complexity index is 718. The molecule has 11 heteroatoms. The lowest BCUT2D eigenvalue weighted by atomic mass is 9.87. The number of aromatic nitrogens is 2. The van der Waals surface area contributed by atoms with Crippen LogP contribution in [0, 0.1) is 11.7 Å². The van der Waals surface area contributed by atoms with E-state index in [4.69, 9.17) is 22.1 Å². The summed E-state index contributed by atoms with van der Waals surface area (Å²) in [5, 5.41) is 10.3. The number of esters is 1. The van der Waals surface area contributed by atoms with Gasteiger partial charge in [0.05, 0.1) is 25.1 Å². The van der Waals surface area contributed by atoms with Crippen molar-refractivity contribution in [3.8, 4) is 0 Å². The average Bonchev–Trinajstić information content (AvgIpc) is 2.82. The van der Waals surface area contributed by atoms with Crippen LogP contribution in [0.4, 0.5) is 14.6 Å². The summed E-state index contributed by atoms with van der Waals surface area (Å²) >= 11 is 5.86. The van der Waals surface area contributed by atoms with Gasteiger partial charge in [0, 0.05) is 0 Å². The normalized spacial score (nSPS) is 30.2. The zero-order valence-corrected chi connectivity index (χ0v) is 14.2. The largest absolute Gasteiger partial charge is 0.469 e. The molecule has 0 aromatic carbocycles. The van der Waals surface area contributed by atoms with Crippen LogP contribution >= 0.6 is 11.6 Å². The maximum Gasteiger partial charge on any atom is 0.351 e. The van der Waals surface area contributed by atoms with Gasteiger partial charge in [-0.1, -0.05) is 6.92 Å². The molecule has 2 rings (SSSR count). The number of anilines is 1. The third kappa shape index (κ3) is 3.46. The molecule has 0 radical (unpaired) electrons. The number of carbonyl (C=O) groups excluding carboxylic acids is 1. The number of hydrogen-bond donors (Lipinski definition) is 2. The molecule has 0 aliphatic carbocycles. The Morgan fingerprint density at radius 3 is 2.88 bits per heavy atom. The van der Waals surface area contributed by atoms with Crippen LogP contribution in [0.15, 0.2) is 11.0 Å². The quantitative estimate of drug-likeness (QED) is 0.559. The summed E-state index contributed by atoms with van der Waals surface area (Å²) in [7, 11) is 1.18. The number of aliphatic hydroxyl groups is 1. The first kappa shape index (κ1) is 19.5. The maximum atomic E-state index is 14.6. The molecule has 0 saturated carbocycles. The van der Waals surface area contributed by atoms with Gasteiger partial charge in [0.1, 0.15) is 11.7 Å². The highest BCUT2D eigenvalue weighted by Crippen LogP contribution is 2.43. The monoisotopic (exact) mass is 381 g/mol. The number of methoxy groups -OCH3 is 1. The van der Waals surface area contributed by atoms with Gasteiger partial charge in [-0.15, -0.1) is 11.6 Å². The van der Waals surface area contributed by atoms with Crippen LogP contribution in [-0.4, -0.2) is 51.5 Å². The summed E-state index contributed by atoms with van der Waals surface area (Å²) in [5.74, 6) is -3.42. The summed E-state index contributed by atoms with van der Waals surface area (Å²) in [4.78, 5) is 26.7. The molecule has 140 valence electrons. The number of hydrogen-bond acceptors (Lipinski definition) is 7. The number of aliphatic hydroxyl groups excluding tert-OH is 1. The molecule has 8 nitrogen and oxygen atoms in total. The average molecular weight is 382 g/mol. The van der Waals surface area contributed by atoms with E-state index in [2.05, 4.69) is 9.72 Å². The lowest BCUT2D eigenvalue weighted by Crippen LogP contribution is -2.46. The van der Waals surface area contributed by atoms with Crippen molar-refractivity contribution in [2.75, 3.05) is 18.7 Å². The summed E-state index contributed by atoms with van der Waals surface area (Å²) in [5.41, 5.74) is 2.47. The molecule has 5 atom stereocenters. The molecular weight excluding hydrogens is 364 g/mol. The fourth-order valence-electron chi connectivity index (χ4n) is 2.81. The number of nitrogens with zero attached hydrogens (tertiary/aromatic N) is 2. The van der Waals surface area contributed by atoms with Gasteiger partial charge in [-0.25, -0.2) is 13.6 Å². The highest BCUT2D eigenvalue weighted by Gasteiger charge is 2.56. The minimum absolute atomic E-state index is 0.166. The molecule has 0 spiro atoms. The fourth-order valence-corrected chi connectivity index (χ4v) is 3.14. The summed E-state index contributed by atoms with van der Waals surface area (Å²) in [6.45, 7) is 1.49. The Labute approximate surface area is 146 Å². The summed E-state index contributed by atoms with van der Waals surface area (Å²) in [6, 6.07) is 0. The van der Waals surface area contributed by atoms with E-state index in [0.717, 1.165) is 0 Å². The fraction of sp³-hybridized carbons (Fsp3) is 0.643. The lowest BCUT2D eigenvalue weighted by molar-refractivity contribution is -0.150. The molecule has 25 heavy (non-hydrogen) atoms. The number of carbonyl (C=O) groups is 1. The first-order valence-corrected chi connectivity index (χ1v) is 7.88. The topological polar surface area (TPSA) is 117 Å². The lowest BCUT2D eigenvalue weighted by Gasteiger charge is -2.31. The molecule has 1 fully saturated rings. The van der Waals surface area contributed by atoms with E-state index in [1.54, 1.807) is 0 Å². The van der Waals surface area contributed by atoms with Gasteiger partial charge in [0.15, 0.2) is 24.0 Å². The number of nitrogens with two attached hydrogens (primary N) is 1. The molecule has 1 aromatic rings. The zero-order valence-electron chi connectivity index (χ0n) is 13.5. The first-order chi connectivity index (χ1) is 11.7. The molecular formula is C14H18ClF2N3O5. The van der Waals surface area contributed by atoms with Crippen molar-refractivity contribution >= 4 is 23.4 Å². The van der Waals surface area contributed by atoms with Gasteiger partial charge in [-0.05, 0) is 6.42 Å². The number of halogens is 3. The highest BCUT2D eigenvalue weighted by molar-refractivity contribution is 6.18. The van der Waals surface area contributed by atoms with Crippen molar-refractivity contribution in [1.82, 2.24) is 9.55 Å². The number of ether oxygens (including phenoxy) is 2. The van der Waals surface area contributed by atoms with Gasteiger partial charge in [-0.3, -0.25) is 9.36 Å². The van der Waals surface area contributed by atoms with Crippen molar-refractivity contribution in [2.45, 2.75) is 37.4 Å². The minimum atomic E-state index is -2.11. The molecule has 1 unspecified atom stereocenters. The Hall–Kier alpha value is -1.78. The SMILES string of the molecule is COC(=O)C(C)C[C@@]1(CCl)O[C@@H](n2cc(F)c(N)nc2=O)[C@@H](F)[C@@H]1O. The van der Waals surface area contributed by atoms with Crippen molar-refractivity contribution in [2.24, 2.45) is 5.92 Å². The summed E-state index contributed by atoms with van der Waals surface area (Å²) in [6.07, 6.45) is -5.06. The maximum absolute atomic E-state index is 14.6. The van der Waals surface area contributed by atoms with Crippen molar-refractivity contribution in [1.29, 1.82) is 0 Å². The predicted octanol–water partition coefficient (Wildman–Crippen LogP) is 0.369. The Kier molecular flexibility index (Phi) is 5.65. The van der Waals surface area contributed by atoms with E-state index >= 15 is 0 Å². The van der Waals surface area contributed by atoms with Gasteiger partial charge in [0.2, 0.25) is 0 Å². The van der Waals surface area contributed by atoms with Gasteiger partial charge in [0.25, 0.3) is 0 Å². The van der Waals surface area contributed by atoms with E-state index in [9.17, 15) is 23.5 Å². The van der Waals surface area contributed by atoms with E-state index in [-0.39, 0.29) is 12.3 Å². The Morgan fingerprint density at radius 1 is 1.68 bits per heavy atom. The van der Waals surface area contributed by atoms with Gasteiger partial charge in [-0.2, -0.15) is 4.98 Å². The van der Waals surface area contributed by atoms with Crippen molar-refractivity contribution in [3.05, 3.63) is 22.5 Å². The van der Waals surface area contributed by atoms with Crippen LogP contribution in [0.2, 0.25) is 0 Å². The van der Waals surface area contributed by atoms with Crippen molar-refractivity contribution in [3.63, 3.8) is 0 Å². The number of alkyl halides is 2. The van der Waals surface area contributed by atoms with Gasteiger partial charge >= 0.3 is 11.7 Å². The summed E-state index contributed by atoms with van der Waals surface area (Å²) < 4.78 is 38.8. The van der Waals surface area contributed by atoms with E-state index in [1.807, 2.05) is 0 Å². The Balaban J connectivity index is 2.37. The van der Waals surface area contributed by atoms with Crippen LogP contribution in [0.5, 0.6) is 0 Å². The zero-order chi connectivity index (χ0) is 18.9. The standard InChI is InChI=1S/C14H18ClF2N3O5/c1-6(12(22)24-2)3-14(5-15)9(21)8(17)11(25-14)20-4-7(16)10(18)19-13(20)23/h4,6,8-9,11,21H,3,5H2,1-2H3,(H2,18,19,23)/t6?,8-,9-,11+,14-/m0/s1. The molecule has 1 aliphatic heterocycles. The number of nitrogen functional groups attached to an aromatic ring is 1. The molecule has 1 saturated heterocycles. The first-order valence-electron chi connectivity index (χ1n) is 7.34. The van der Waals surface area contributed by atoms with E-state index < -0.39 is 53.3 Å². The third-order valence-corrected chi connectivity index (χ3v) is 4.61. The molecule has 3 N–H and O–H groups in total. The molecule has 0 amide bonds. The minimum Gasteiger partial charge on any atom is -0.469 e. The molecule has 1 aromatic heterocycles. The second-order valence-corrected chi connectivity index (χ2v) is 6.16. The van der Waals surface area contributed by atoms with Crippen LogP contribution in [-0.2, 0) is 14.3 Å². The van der Waals surface area contributed by atoms with E-state index in [0.29, 0.717) is 10.8 Å². The molecule has 1 aliphatic rings. The van der Waals surface area contributed by atoms with Crippen LogP contribution in [0.3, 0.4) is 0 Å². The number of rotatable bonds is 5. The molecule has 2 heterocycles. The van der Waals surface area contributed by atoms with Crippen molar-refractivity contribution < 1.29 is 28.2 Å². The van der Waals surface area contributed by atoms with Crippen LogP contribution in [0.1, 0.15) is 19.6 Å². The molecule has 0 bridgehead atoms. The van der Waals surface area contributed by atoms with Crippen LogP contribution < -0.4 is 11.4 Å². The van der Waals surface area contributed by atoms with Gasteiger partial charge < -0.3 is 20.3 Å².